The van der Waals surface area contributed by atoms with Crippen LogP contribution in [0, 0.1) is 5.82 Å². The summed E-state index contributed by atoms with van der Waals surface area (Å²) in [6.45, 7) is 3.69. The van der Waals surface area contributed by atoms with E-state index >= 15 is 0 Å². The van der Waals surface area contributed by atoms with Crippen molar-refractivity contribution in [2.24, 2.45) is 0 Å². The maximum absolute atomic E-state index is 14.1. The molecule has 102 valence electrons. The fourth-order valence-electron chi connectivity index (χ4n) is 1.86. The second kappa shape index (κ2) is 6.38. The van der Waals surface area contributed by atoms with Crippen LogP contribution < -0.4 is 10.1 Å². The molecule has 19 heavy (non-hydrogen) atoms. The van der Waals surface area contributed by atoms with Gasteiger partial charge in [-0.05, 0) is 37.2 Å². The molecule has 1 N–H and O–H groups in total. The highest BCUT2D eigenvalue weighted by Crippen LogP contribution is 2.30. The Labute approximate surface area is 112 Å². The second-order valence-electron chi connectivity index (χ2n) is 4.26. The van der Waals surface area contributed by atoms with Crippen LogP contribution in [0.25, 0.3) is 11.3 Å². The summed E-state index contributed by atoms with van der Waals surface area (Å²) in [7, 11) is 1.45. The van der Waals surface area contributed by atoms with Gasteiger partial charge in [0.1, 0.15) is 11.5 Å². The summed E-state index contributed by atoms with van der Waals surface area (Å²) < 4.78 is 24.7. The Bertz CT molecular complexity index is 537. The molecule has 2 aromatic rings. The molecular formula is C15H18FNO2. The number of hydrogen-bond donors (Lipinski definition) is 1. The largest absolute Gasteiger partial charge is 0.494 e. The molecule has 1 aromatic carbocycles. The van der Waals surface area contributed by atoms with Crippen LogP contribution in [-0.2, 0) is 6.54 Å². The number of furan rings is 1. The predicted molar refractivity (Wildman–Crippen MR) is 72.7 cm³/mol. The van der Waals surface area contributed by atoms with Gasteiger partial charge in [-0.3, -0.25) is 0 Å². The quantitative estimate of drug-likeness (QED) is 0.809. The van der Waals surface area contributed by atoms with Crippen molar-refractivity contribution in [3.63, 3.8) is 0 Å². The van der Waals surface area contributed by atoms with Crippen LogP contribution in [0.5, 0.6) is 5.75 Å². The van der Waals surface area contributed by atoms with E-state index in [1.165, 1.54) is 7.11 Å². The van der Waals surface area contributed by atoms with Gasteiger partial charge in [0, 0.05) is 0 Å². The average Bonchev–Trinajstić information content (AvgIpc) is 2.88. The fraction of sp³-hybridized carbons (Fsp3) is 0.333. The molecule has 0 saturated carbocycles. The van der Waals surface area contributed by atoms with Crippen LogP contribution in [-0.4, -0.2) is 13.7 Å². The maximum Gasteiger partial charge on any atom is 0.175 e. The molecule has 1 aromatic heterocycles. The molecule has 0 spiro atoms. The molecule has 0 saturated heterocycles. The van der Waals surface area contributed by atoms with Gasteiger partial charge >= 0.3 is 0 Å². The molecule has 0 aliphatic heterocycles. The summed E-state index contributed by atoms with van der Waals surface area (Å²) in [5.41, 5.74) is 0.418. The smallest absolute Gasteiger partial charge is 0.175 e. The van der Waals surface area contributed by atoms with E-state index in [0.29, 0.717) is 17.9 Å². The summed E-state index contributed by atoms with van der Waals surface area (Å²) in [6, 6.07) is 8.65. The first-order valence-electron chi connectivity index (χ1n) is 6.38. The van der Waals surface area contributed by atoms with Crippen LogP contribution in [0.1, 0.15) is 19.1 Å². The van der Waals surface area contributed by atoms with Gasteiger partial charge in [0.2, 0.25) is 0 Å². The normalized spacial score (nSPS) is 10.7. The van der Waals surface area contributed by atoms with Crippen molar-refractivity contribution >= 4 is 0 Å². The standard InChI is InChI=1S/C15H18FNO2/c1-3-9-17-10-11-7-8-13(19-11)12-5-4-6-14(18-2)15(12)16/h4-8,17H,3,9-10H2,1-2H3. The average molecular weight is 263 g/mol. The lowest BCUT2D eigenvalue weighted by atomic mass is 10.1. The molecule has 0 aliphatic rings. The van der Waals surface area contributed by atoms with Crippen LogP contribution in [0.4, 0.5) is 4.39 Å². The Morgan fingerprint density at radius 3 is 2.84 bits per heavy atom. The Kier molecular flexibility index (Phi) is 4.58. The van der Waals surface area contributed by atoms with Crippen LogP contribution >= 0.6 is 0 Å². The minimum atomic E-state index is -0.396. The number of methoxy groups -OCH3 is 1. The highest BCUT2D eigenvalue weighted by atomic mass is 19.1. The molecular weight excluding hydrogens is 245 g/mol. The third-order valence-electron chi connectivity index (χ3n) is 2.84. The van der Waals surface area contributed by atoms with E-state index in [-0.39, 0.29) is 5.75 Å². The zero-order valence-corrected chi connectivity index (χ0v) is 11.2. The molecule has 0 radical (unpaired) electrons. The monoisotopic (exact) mass is 263 g/mol. The number of nitrogens with one attached hydrogen (secondary N) is 1. The van der Waals surface area contributed by atoms with E-state index in [4.69, 9.17) is 9.15 Å². The third kappa shape index (κ3) is 3.15. The molecule has 0 aliphatic carbocycles. The van der Waals surface area contributed by atoms with Gasteiger partial charge in [-0.2, -0.15) is 0 Å². The first-order valence-corrected chi connectivity index (χ1v) is 6.38. The SMILES string of the molecule is CCCNCc1ccc(-c2cccc(OC)c2F)o1. The van der Waals surface area contributed by atoms with Gasteiger partial charge in [0.25, 0.3) is 0 Å². The molecule has 0 unspecified atom stereocenters. The molecule has 3 nitrogen and oxygen atoms in total. The highest BCUT2D eigenvalue weighted by Gasteiger charge is 2.13. The van der Waals surface area contributed by atoms with Crippen molar-refractivity contribution in [2.45, 2.75) is 19.9 Å². The zero-order valence-electron chi connectivity index (χ0n) is 11.2. The summed E-state index contributed by atoms with van der Waals surface area (Å²) in [5, 5.41) is 3.24. The third-order valence-corrected chi connectivity index (χ3v) is 2.84. The van der Waals surface area contributed by atoms with E-state index in [9.17, 15) is 4.39 Å². The summed E-state index contributed by atoms with van der Waals surface area (Å²) in [6.07, 6.45) is 1.07. The van der Waals surface area contributed by atoms with Gasteiger partial charge in [0.05, 0.1) is 19.2 Å². The molecule has 1 heterocycles. The maximum atomic E-state index is 14.1. The lowest BCUT2D eigenvalue weighted by Gasteiger charge is -2.05. The Morgan fingerprint density at radius 2 is 2.11 bits per heavy atom. The Morgan fingerprint density at radius 1 is 1.26 bits per heavy atom. The van der Waals surface area contributed by atoms with Crippen LogP contribution in [0.3, 0.4) is 0 Å². The highest BCUT2D eigenvalue weighted by molar-refractivity contribution is 5.61. The lowest BCUT2D eigenvalue weighted by molar-refractivity contribution is 0.386. The number of ether oxygens (including phenoxy) is 1. The molecule has 4 heteroatoms. The van der Waals surface area contributed by atoms with E-state index in [1.54, 1.807) is 24.3 Å². The van der Waals surface area contributed by atoms with E-state index in [0.717, 1.165) is 18.7 Å². The minimum absolute atomic E-state index is 0.222. The van der Waals surface area contributed by atoms with Crippen molar-refractivity contribution in [3.8, 4) is 17.1 Å². The Balaban J connectivity index is 2.18. The van der Waals surface area contributed by atoms with Crippen molar-refractivity contribution in [2.75, 3.05) is 13.7 Å². The number of rotatable bonds is 6. The van der Waals surface area contributed by atoms with Gasteiger partial charge < -0.3 is 14.5 Å². The molecule has 0 bridgehead atoms. The lowest BCUT2D eigenvalue weighted by Crippen LogP contribution is -2.12. The summed E-state index contributed by atoms with van der Waals surface area (Å²) >= 11 is 0. The molecule has 0 amide bonds. The Hall–Kier alpha value is -1.81. The van der Waals surface area contributed by atoms with Crippen molar-refractivity contribution in [3.05, 3.63) is 41.9 Å². The fourth-order valence-corrected chi connectivity index (χ4v) is 1.86. The molecule has 0 atom stereocenters. The van der Waals surface area contributed by atoms with Crippen molar-refractivity contribution < 1.29 is 13.5 Å². The predicted octanol–water partition coefficient (Wildman–Crippen LogP) is 3.59. The first kappa shape index (κ1) is 13.6. The molecule has 2 rings (SSSR count). The van der Waals surface area contributed by atoms with Gasteiger partial charge in [-0.25, -0.2) is 4.39 Å². The minimum Gasteiger partial charge on any atom is -0.494 e. The van der Waals surface area contributed by atoms with E-state index in [2.05, 4.69) is 12.2 Å². The second-order valence-corrected chi connectivity index (χ2v) is 4.26. The van der Waals surface area contributed by atoms with Gasteiger partial charge in [-0.15, -0.1) is 0 Å². The van der Waals surface area contributed by atoms with Crippen molar-refractivity contribution in [1.82, 2.24) is 5.32 Å². The van der Waals surface area contributed by atoms with Gasteiger partial charge in [0.15, 0.2) is 11.6 Å². The van der Waals surface area contributed by atoms with Gasteiger partial charge in [-0.1, -0.05) is 13.0 Å². The van der Waals surface area contributed by atoms with Crippen molar-refractivity contribution in [1.29, 1.82) is 0 Å². The number of halogens is 1. The zero-order chi connectivity index (χ0) is 13.7. The summed E-state index contributed by atoms with van der Waals surface area (Å²) in [4.78, 5) is 0. The number of hydrogen-bond acceptors (Lipinski definition) is 3. The van der Waals surface area contributed by atoms with Crippen LogP contribution in [0.2, 0.25) is 0 Å². The summed E-state index contributed by atoms with van der Waals surface area (Å²) in [5.74, 6) is 1.14. The first-order chi connectivity index (χ1) is 9.26. The van der Waals surface area contributed by atoms with E-state index in [1.807, 2.05) is 6.07 Å². The topological polar surface area (TPSA) is 34.4 Å². The molecule has 0 fully saturated rings. The van der Waals surface area contributed by atoms with Crippen LogP contribution in [0.15, 0.2) is 34.7 Å². The van der Waals surface area contributed by atoms with E-state index < -0.39 is 5.82 Å². The number of benzene rings is 1.